The first-order valence-corrected chi connectivity index (χ1v) is 23.4. The highest BCUT2D eigenvalue weighted by Gasteiger charge is 2.17. The Morgan fingerprint density at radius 3 is 1.02 bits per heavy atom. The summed E-state index contributed by atoms with van der Waals surface area (Å²) in [6, 6.07) is 29.6. The van der Waals surface area contributed by atoms with Crippen LogP contribution in [0, 0.1) is 0 Å². The van der Waals surface area contributed by atoms with Crippen molar-refractivity contribution >= 4 is 35.5 Å². The second-order valence-electron chi connectivity index (χ2n) is 15.9. The van der Waals surface area contributed by atoms with Gasteiger partial charge in [-0.3, -0.25) is 0 Å². The zero-order chi connectivity index (χ0) is 46.1. The smallest absolute Gasteiger partial charge is 0.343 e. The molecule has 0 amide bonds. The van der Waals surface area contributed by atoms with Crippen LogP contribution < -0.4 is 28.4 Å². The summed E-state index contributed by atoms with van der Waals surface area (Å²) in [7, 11) is 0. The third-order valence-electron chi connectivity index (χ3n) is 10.6. The Kier molecular flexibility index (Phi) is 21.4. The largest absolute Gasteiger partial charge is 0.494 e. The first-order chi connectivity index (χ1) is 31.7. The summed E-state index contributed by atoms with van der Waals surface area (Å²) in [6.45, 7) is 5.73. The summed E-state index contributed by atoms with van der Waals surface area (Å²) in [4.78, 5) is 51.7. The van der Waals surface area contributed by atoms with Gasteiger partial charge in [-0.1, -0.05) is 115 Å². The zero-order valence-corrected chi connectivity index (χ0v) is 38.4. The van der Waals surface area contributed by atoms with Gasteiger partial charge >= 0.3 is 23.9 Å². The van der Waals surface area contributed by atoms with Crippen molar-refractivity contribution in [2.75, 3.05) is 13.2 Å². The van der Waals surface area contributed by atoms with Gasteiger partial charge in [-0.15, -0.1) is 0 Å². The molecule has 0 aliphatic carbocycles. The number of halogens is 1. The molecule has 0 saturated carbocycles. The Hall–Kier alpha value is -6.13. The van der Waals surface area contributed by atoms with Crippen LogP contribution in [0.3, 0.4) is 0 Å². The van der Waals surface area contributed by atoms with E-state index in [1.54, 1.807) is 48.5 Å². The SMILES string of the molecule is CCCCCCCCCCOc1ccc(OC(=O)c2ccc(C(=O)Oc3ccc(Cl)c(OC(=O)c4ccc(C(=O)Oc5ccc(OCCCCCCCCCC)cc5)cc4)c3)cc2)cc1. The van der Waals surface area contributed by atoms with E-state index in [1.807, 2.05) is 0 Å². The minimum atomic E-state index is -0.751. The van der Waals surface area contributed by atoms with E-state index in [1.165, 1.54) is 144 Å². The van der Waals surface area contributed by atoms with E-state index in [2.05, 4.69) is 13.8 Å². The van der Waals surface area contributed by atoms with Crippen LogP contribution in [-0.2, 0) is 0 Å². The molecular weight excluding hydrogens is 844 g/mol. The Bertz CT molecular complexity index is 2220. The van der Waals surface area contributed by atoms with Crippen LogP contribution in [-0.4, -0.2) is 37.1 Å². The van der Waals surface area contributed by atoms with Gasteiger partial charge in [-0.25, -0.2) is 19.2 Å². The predicted molar refractivity (Wildman–Crippen MR) is 253 cm³/mol. The fourth-order valence-electron chi connectivity index (χ4n) is 6.83. The fourth-order valence-corrected chi connectivity index (χ4v) is 6.98. The highest BCUT2D eigenvalue weighted by molar-refractivity contribution is 6.32. The van der Waals surface area contributed by atoms with Crippen LogP contribution >= 0.6 is 11.6 Å². The van der Waals surface area contributed by atoms with E-state index in [0.717, 1.165) is 25.7 Å². The van der Waals surface area contributed by atoms with Gasteiger partial charge in [0, 0.05) is 6.07 Å². The van der Waals surface area contributed by atoms with E-state index >= 15 is 0 Å². The molecule has 10 nitrogen and oxygen atoms in total. The number of ether oxygens (including phenoxy) is 6. The van der Waals surface area contributed by atoms with Gasteiger partial charge in [0.15, 0.2) is 5.75 Å². The summed E-state index contributed by atoms with van der Waals surface area (Å²) >= 11 is 6.32. The van der Waals surface area contributed by atoms with Gasteiger partial charge in [0.1, 0.15) is 28.7 Å². The predicted octanol–water partition coefficient (Wildman–Crippen LogP) is 14.3. The van der Waals surface area contributed by atoms with Crippen LogP contribution in [0.4, 0.5) is 0 Å². The number of esters is 4. The molecule has 5 aromatic rings. The van der Waals surface area contributed by atoms with Crippen molar-refractivity contribution in [3.05, 3.63) is 143 Å². The maximum Gasteiger partial charge on any atom is 0.343 e. The molecule has 0 spiro atoms. The number of carbonyl (C=O) groups excluding carboxylic acids is 4. The van der Waals surface area contributed by atoms with Crippen LogP contribution in [0.15, 0.2) is 115 Å². The summed E-state index contributed by atoms with van der Waals surface area (Å²) in [5.41, 5.74) is 0.782. The molecule has 0 heterocycles. The molecule has 0 fully saturated rings. The lowest BCUT2D eigenvalue weighted by molar-refractivity contribution is 0.0714. The van der Waals surface area contributed by atoms with Crippen molar-refractivity contribution in [1.82, 2.24) is 0 Å². The first kappa shape index (κ1) is 49.9. The van der Waals surface area contributed by atoms with Crippen molar-refractivity contribution in [2.45, 2.75) is 117 Å². The average Bonchev–Trinajstić information content (AvgIpc) is 3.32. The molecule has 65 heavy (non-hydrogen) atoms. The van der Waals surface area contributed by atoms with Gasteiger partial charge in [0.25, 0.3) is 0 Å². The molecule has 0 bridgehead atoms. The fraction of sp³-hybridized carbons (Fsp3) is 0.370. The van der Waals surface area contributed by atoms with E-state index < -0.39 is 23.9 Å². The zero-order valence-electron chi connectivity index (χ0n) is 37.7. The Morgan fingerprint density at radius 1 is 0.354 bits per heavy atom. The molecule has 0 saturated heterocycles. The third-order valence-corrected chi connectivity index (χ3v) is 10.9. The third kappa shape index (κ3) is 17.8. The minimum absolute atomic E-state index is 0.0446. The summed E-state index contributed by atoms with van der Waals surface area (Å²) in [6.07, 6.45) is 19.6. The van der Waals surface area contributed by atoms with Crippen molar-refractivity contribution in [1.29, 1.82) is 0 Å². The van der Waals surface area contributed by atoms with Crippen molar-refractivity contribution < 1.29 is 47.6 Å². The molecule has 0 aliphatic rings. The molecule has 0 aromatic heterocycles. The highest BCUT2D eigenvalue weighted by Crippen LogP contribution is 2.31. The summed E-state index contributed by atoms with van der Waals surface area (Å²) in [5, 5.41) is 0.103. The second kappa shape index (κ2) is 27.9. The van der Waals surface area contributed by atoms with Crippen LogP contribution in [0.1, 0.15) is 158 Å². The molecule has 0 radical (unpaired) electrons. The van der Waals surface area contributed by atoms with Crippen LogP contribution in [0.25, 0.3) is 0 Å². The van der Waals surface area contributed by atoms with Gasteiger partial charge in [-0.2, -0.15) is 0 Å². The molecule has 0 aliphatic heterocycles. The molecule has 5 rings (SSSR count). The number of rotatable bonds is 28. The first-order valence-electron chi connectivity index (χ1n) is 23.1. The van der Waals surface area contributed by atoms with Gasteiger partial charge in [0.2, 0.25) is 0 Å². The second-order valence-corrected chi connectivity index (χ2v) is 16.3. The number of benzene rings is 5. The van der Waals surface area contributed by atoms with Crippen LogP contribution in [0.2, 0.25) is 5.02 Å². The van der Waals surface area contributed by atoms with Crippen molar-refractivity contribution in [2.24, 2.45) is 0 Å². The number of hydrogen-bond donors (Lipinski definition) is 0. The van der Waals surface area contributed by atoms with E-state index in [9.17, 15) is 19.2 Å². The van der Waals surface area contributed by atoms with Crippen molar-refractivity contribution in [3.8, 4) is 34.5 Å². The lowest BCUT2D eigenvalue weighted by atomic mass is 10.1. The van der Waals surface area contributed by atoms with Gasteiger partial charge < -0.3 is 28.4 Å². The van der Waals surface area contributed by atoms with Gasteiger partial charge in [-0.05, 0) is 122 Å². The van der Waals surface area contributed by atoms with E-state index in [-0.39, 0.29) is 38.8 Å². The normalized spacial score (nSPS) is 10.8. The van der Waals surface area contributed by atoms with E-state index in [4.69, 9.17) is 40.0 Å². The molecule has 5 aromatic carbocycles. The lowest BCUT2D eigenvalue weighted by Gasteiger charge is -2.10. The van der Waals surface area contributed by atoms with Crippen molar-refractivity contribution in [3.63, 3.8) is 0 Å². The highest BCUT2D eigenvalue weighted by atomic mass is 35.5. The molecule has 0 atom stereocenters. The average molecular weight is 906 g/mol. The molecule has 0 unspecified atom stereocenters. The standard InChI is InChI=1S/C54H61ClO10/c1-3-5-7-9-11-13-15-17-37-60-44-27-31-46(32-28-44)62-51(56)40-19-21-42(22-20-40)53(58)64-48-35-36-49(55)50(39-48)65-54(59)43-25-23-41(24-26-43)52(57)63-47-33-29-45(30-34-47)61-38-18-16-14-12-10-8-6-4-2/h19-36,39H,3-18,37-38H2,1-2H3. The molecular formula is C54H61ClO10. The maximum absolute atomic E-state index is 13.1. The van der Waals surface area contributed by atoms with E-state index in [0.29, 0.717) is 36.2 Å². The number of hydrogen-bond acceptors (Lipinski definition) is 10. The maximum atomic E-state index is 13.1. The summed E-state index contributed by atoms with van der Waals surface area (Å²) < 4.78 is 33.7. The Balaban J connectivity index is 1.03. The minimum Gasteiger partial charge on any atom is -0.494 e. The molecule has 11 heteroatoms. The molecule has 344 valence electrons. The lowest BCUT2D eigenvalue weighted by Crippen LogP contribution is -2.12. The topological polar surface area (TPSA) is 124 Å². The van der Waals surface area contributed by atoms with Gasteiger partial charge in [0.05, 0.1) is 40.5 Å². The quantitative estimate of drug-likeness (QED) is 0.0272. The monoisotopic (exact) mass is 904 g/mol. The summed E-state index contributed by atoms with van der Waals surface area (Å²) in [5.74, 6) is -0.494. The number of carbonyl (C=O) groups is 4. The Labute approximate surface area is 388 Å². The van der Waals surface area contributed by atoms with Crippen LogP contribution in [0.5, 0.6) is 34.5 Å². The Morgan fingerprint density at radius 2 is 0.646 bits per heavy atom. The number of unbranched alkanes of at least 4 members (excludes halogenated alkanes) is 14. The molecule has 0 N–H and O–H groups in total.